The van der Waals surface area contributed by atoms with Crippen molar-refractivity contribution in [1.82, 2.24) is 0 Å². The predicted molar refractivity (Wildman–Crippen MR) is 106 cm³/mol. The lowest BCUT2D eigenvalue weighted by Gasteiger charge is -2.22. The van der Waals surface area contributed by atoms with Crippen LogP contribution in [-0.2, 0) is 14.8 Å². The van der Waals surface area contributed by atoms with Gasteiger partial charge in [0.1, 0.15) is 12.3 Å². The van der Waals surface area contributed by atoms with E-state index < -0.39 is 27.4 Å². The van der Waals surface area contributed by atoms with E-state index in [1.807, 2.05) is 6.92 Å². The van der Waals surface area contributed by atoms with Crippen LogP contribution in [0.3, 0.4) is 0 Å². The molecule has 0 radical (unpaired) electrons. The molecule has 28 heavy (non-hydrogen) atoms. The number of nitro benzene ring substituents is 1. The fourth-order valence-electron chi connectivity index (χ4n) is 2.55. The summed E-state index contributed by atoms with van der Waals surface area (Å²) in [6.45, 7) is 3.33. The van der Waals surface area contributed by atoms with E-state index in [1.165, 1.54) is 37.3 Å². The molecular formula is C18H21N3O6S. The Hall–Kier alpha value is -3.14. The summed E-state index contributed by atoms with van der Waals surface area (Å²) in [5.74, 6) is -0.0423. The smallest absolute Gasteiger partial charge is 0.274 e. The van der Waals surface area contributed by atoms with Gasteiger partial charge in [0.15, 0.2) is 0 Å². The maximum atomic E-state index is 12.4. The van der Waals surface area contributed by atoms with E-state index in [-0.39, 0.29) is 16.9 Å². The number of nitrogens with one attached hydrogen (secondary N) is 1. The number of nitrogens with zero attached hydrogens (tertiary/aromatic N) is 2. The minimum Gasteiger partial charge on any atom is -0.494 e. The molecule has 9 nitrogen and oxygen atoms in total. The molecule has 1 amide bonds. The minimum absolute atomic E-state index is 0.135. The molecule has 0 aliphatic heterocycles. The van der Waals surface area contributed by atoms with Crippen molar-refractivity contribution in [2.45, 2.75) is 13.8 Å². The maximum absolute atomic E-state index is 12.4. The third-order valence-electron chi connectivity index (χ3n) is 3.90. The molecule has 0 fully saturated rings. The summed E-state index contributed by atoms with van der Waals surface area (Å²) in [5.41, 5.74) is 0.702. The highest BCUT2D eigenvalue weighted by Crippen LogP contribution is 2.26. The van der Waals surface area contributed by atoms with Gasteiger partial charge >= 0.3 is 0 Å². The molecule has 0 aliphatic rings. The molecule has 10 heteroatoms. The van der Waals surface area contributed by atoms with Crippen molar-refractivity contribution in [1.29, 1.82) is 0 Å². The van der Waals surface area contributed by atoms with Gasteiger partial charge in [0.25, 0.3) is 5.69 Å². The van der Waals surface area contributed by atoms with Gasteiger partial charge < -0.3 is 10.1 Å². The number of carbonyl (C=O) groups is 1. The van der Waals surface area contributed by atoms with Gasteiger partial charge in [-0.05, 0) is 44.2 Å². The Morgan fingerprint density at radius 1 is 1.21 bits per heavy atom. The number of carbonyl (C=O) groups excluding carboxylic acids is 1. The average Bonchev–Trinajstić information content (AvgIpc) is 2.61. The van der Waals surface area contributed by atoms with Crippen LogP contribution in [0.2, 0.25) is 0 Å². The highest BCUT2D eigenvalue weighted by atomic mass is 32.2. The molecule has 0 heterocycles. The fourth-order valence-corrected chi connectivity index (χ4v) is 3.41. The van der Waals surface area contributed by atoms with Crippen LogP contribution in [0.5, 0.6) is 5.75 Å². The number of amides is 1. The molecule has 150 valence electrons. The van der Waals surface area contributed by atoms with Crippen molar-refractivity contribution >= 4 is 33.0 Å². The van der Waals surface area contributed by atoms with Gasteiger partial charge in [-0.15, -0.1) is 0 Å². The largest absolute Gasteiger partial charge is 0.494 e. The lowest BCUT2D eigenvalue weighted by Crippen LogP contribution is -2.37. The molecule has 2 rings (SSSR count). The molecule has 0 bridgehead atoms. The Bertz CT molecular complexity index is 973. The Labute approximate surface area is 163 Å². The van der Waals surface area contributed by atoms with E-state index in [4.69, 9.17) is 4.74 Å². The van der Waals surface area contributed by atoms with Crippen LogP contribution in [0.15, 0.2) is 42.5 Å². The zero-order chi connectivity index (χ0) is 20.9. The van der Waals surface area contributed by atoms with Crippen molar-refractivity contribution in [3.8, 4) is 5.75 Å². The first kappa shape index (κ1) is 21.2. The second-order valence-electron chi connectivity index (χ2n) is 5.95. The number of hydrogen-bond donors (Lipinski definition) is 1. The zero-order valence-corrected chi connectivity index (χ0v) is 16.5. The van der Waals surface area contributed by atoms with Crippen LogP contribution in [-0.4, -0.2) is 38.7 Å². The van der Waals surface area contributed by atoms with E-state index in [0.717, 1.165) is 10.6 Å². The summed E-state index contributed by atoms with van der Waals surface area (Å²) in [7, 11) is -3.74. The SMILES string of the molecule is CCOc1ccc(N(CC(=O)Nc2cccc([N+](=O)[O-])c2C)S(C)(=O)=O)cc1. The standard InChI is InChI=1S/C18H21N3O6S/c1-4-27-15-10-8-14(9-11-15)20(28(3,25)26)12-18(22)19-16-6-5-7-17(13(16)2)21(23)24/h5-11H,4,12H2,1-3H3,(H,19,22). The monoisotopic (exact) mass is 407 g/mol. The normalized spacial score (nSPS) is 11.0. The summed E-state index contributed by atoms with van der Waals surface area (Å²) in [4.78, 5) is 22.9. The van der Waals surface area contributed by atoms with E-state index in [2.05, 4.69) is 5.32 Å². The van der Waals surface area contributed by atoms with Gasteiger partial charge in [0.2, 0.25) is 15.9 Å². The van der Waals surface area contributed by atoms with Crippen LogP contribution in [0, 0.1) is 17.0 Å². The van der Waals surface area contributed by atoms with Crippen LogP contribution >= 0.6 is 0 Å². The topological polar surface area (TPSA) is 119 Å². The Morgan fingerprint density at radius 3 is 2.39 bits per heavy atom. The molecule has 0 saturated heterocycles. The van der Waals surface area contributed by atoms with Gasteiger partial charge in [-0.2, -0.15) is 0 Å². The molecule has 2 aromatic rings. The molecule has 0 spiro atoms. The predicted octanol–water partition coefficient (Wildman–Crippen LogP) is 2.71. The minimum atomic E-state index is -3.74. The molecule has 0 aromatic heterocycles. The molecule has 1 N–H and O–H groups in total. The number of sulfonamides is 1. The highest BCUT2D eigenvalue weighted by molar-refractivity contribution is 7.92. The van der Waals surface area contributed by atoms with Crippen molar-refractivity contribution in [3.63, 3.8) is 0 Å². The van der Waals surface area contributed by atoms with Gasteiger partial charge in [0.05, 0.1) is 34.7 Å². The maximum Gasteiger partial charge on any atom is 0.274 e. The Morgan fingerprint density at radius 2 is 1.86 bits per heavy atom. The van der Waals surface area contributed by atoms with Crippen LogP contribution in [0.4, 0.5) is 17.1 Å². The van der Waals surface area contributed by atoms with E-state index >= 15 is 0 Å². The lowest BCUT2D eigenvalue weighted by atomic mass is 10.1. The zero-order valence-electron chi connectivity index (χ0n) is 15.7. The highest BCUT2D eigenvalue weighted by Gasteiger charge is 2.22. The average molecular weight is 407 g/mol. The van der Waals surface area contributed by atoms with Crippen LogP contribution < -0.4 is 14.4 Å². The lowest BCUT2D eigenvalue weighted by molar-refractivity contribution is -0.385. The summed E-state index contributed by atoms with van der Waals surface area (Å²) in [6, 6.07) is 10.6. The number of hydrogen-bond acceptors (Lipinski definition) is 6. The first-order valence-corrected chi connectivity index (χ1v) is 10.2. The van der Waals surface area contributed by atoms with Gasteiger partial charge in [-0.3, -0.25) is 19.2 Å². The summed E-state index contributed by atoms with van der Waals surface area (Å²) >= 11 is 0. The molecule has 0 unspecified atom stereocenters. The molecule has 0 saturated carbocycles. The second kappa shape index (κ2) is 8.70. The van der Waals surface area contributed by atoms with Gasteiger partial charge in [-0.1, -0.05) is 6.07 Å². The first-order chi connectivity index (χ1) is 13.1. The molecular weight excluding hydrogens is 386 g/mol. The molecule has 0 aliphatic carbocycles. The Kier molecular flexibility index (Phi) is 6.57. The first-order valence-electron chi connectivity index (χ1n) is 8.38. The summed E-state index contributed by atoms with van der Waals surface area (Å²) in [5, 5.41) is 13.6. The van der Waals surface area contributed by atoms with E-state index in [9.17, 15) is 23.3 Å². The number of anilines is 2. The van der Waals surface area contributed by atoms with Crippen molar-refractivity contribution in [3.05, 3.63) is 58.1 Å². The van der Waals surface area contributed by atoms with E-state index in [1.54, 1.807) is 12.1 Å². The number of benzene rings is 2. The second-order valence-corrected chi connectivity index (χ2v) is 7.86. The van der Waals surface area contributed by atoms with Crippen LogP contribution in [0.1, 0.15) is 12.5 Å². The van der Waals surface area contributed by atoms with Crippen molar-refractivity contribution in [2.75, 3.05) is 29.0 Å². The molecule has 2 aromatic carbocycles. The number of ether oxygens (including phenoxy) is 1. The Balaban J connectivity index is 2.23. The van der Waals surface area contributed by atoms with E-state index in [0.29, 0.717) is 18.0 Å². The molecule has 0 atom stereocenters. The van der Waals surface area contributed by atoms with Crippen molar-refractivity contribution < 1.29 is 22.9 Å². The van der Waals surface area contributed by atoms with Gasteiger partial charge in [-0.25, -0.2) is 8.42 Å². The van der Waals surface area contributed by atoms with Gasteiger partial charge in [0, 0.05) is 6.07 Å². The number of rotatable bonds is 8. The summed E-state index contributed by atoms with van der Waals surface area (Å²) in [6.07, 6.45) is 0.995. The quantitative estimate of drug-likeness (QED) is 0.531. The summed E-state index contributed by atoms with van der Waals surface area (Å²) < 4.78 is 30.6. The number of nitro groups is 1. The fraction of sp³-hybridized carbons (Fsp3) is 0.278. The van der Waals surface area contributed by atoms with Crippen LogP contribution in [0.25, 0.3) is 0 Å². The van der Waals surface area contributed by atoms with Crippen molar-refractivity contribution in [2.24, 2.45) is 0 Å². The third kappa shape index (κ3) is 5.19. The third-order valence-corrected chi connectivity index (χ3v) is 5.04.